The maximum absolute atomic E-state index is 12.0. The fourth-order valence-corrected chi connectivity index (χ4v) is 3.46. The van der Waals surface area contributed by atoms with Gasteiger partial charge in [0.05, 0.1) is 6.04 Å². The summed E-state index contributed by atoms with van der Waals surface area (Å²) in [5.41, 5.74) is 0.811. The van der Waals surface area contributed by atoms with Crippen molar-refractivity contribution in [2.24, 2.45) is 0 Å². The van der Waals surface area contributed by atoms with Crippen LogP contribution in [0.1, 0.15) is 19.8 Å². The van der Waals surface area contributed by atoms with Crippen LogP contribution in [0.15, 0.2) is 30.3 Å². The second-order valence-electron chi connectivity index (χ2n) is 4.87. The lowest BCUT2D eigenvalue weighted by Gasteiger charge is -2.25. The van der Waals surface area contributed by atoms with E-state index in [4.69, 9.17) is 0 Å². The molecule has 2 N–H and O–H groups in total. The third-order valence-electron chi connectivity index (χ3n) is 3.31. The summed E-state index contributed by atoms with van der Waals surface area (Å²) in [6, 6.07) is 9.50. The lowest BCUT2D eigenvalue weighted by atomic mass is 10.1. The van der Waals surface area contributed by atoms with Crippen LogP contribution in [-0.2, 0) is 15.6 Å². The Morgan fingerprint density at radius 1 is 1.26 bits per heavy atom. The maximum Gasteiger partial charge on any atom is 0.241 e. The van der Waals surface area contributed by atoms with Crippen molar-refractivity contribution in [2.75, 3.05) is 16.8 Å². The standard InChI is InChI=1S/C14H20N2O2S/c1-11(15-13-7-9-19(18)10-8-13)14(17)16-12-5-3-2-4-6-12/h2-6,11,13,15H,7-10H2,1H3,(H,16,17). The molecule has 1 fully saturated rings. The first-order valence-corrected chi connectivity index (χ1v) is 8.11. The molecule has 0 spiro atoms. The van der Waals surface area contributed by atoms with Crippen LogP contribution in [0.2, 0.25) is 0 Å². The number of para-hydroxylation sites is 1. The van der Waals surface area contributed by atoms with E-state index < -0.39 is 10.8 Å². The number of hydrogen-bond acceptors (Lipinski definition) is 3. The molecule has 1 atom stereocenters. The molecule has 0 aliphatic carbocycles. The van der Waals surface area contributed by atoms with Gasteiger partial charge < -0.3 is 10.6 Å². The van der Waals surface area contributed by atoms with Crippen molar-refractivity contribution in [1.82, 2.24) is 5.32 Å². The number of carbonyl (C=O) groups is 1. The minimum absolute atomic E-state index is 0.0297. The molecular formula is C14H20N2O2S. The van der Waals surface area contributed by atoms with Crippen molar-refractivity contribution in [2.45, 2.75) is 31.8 Å². The van der Waals surface area contributed by atoms with Crippen molar-refractivity contribution in [3.05, 3.63) is 30.3 Å². The van der Waals surface area contributed by atoms with Crippen LogP contribution in [0, 0.1) is 0 Å². The van der Waals surface area contributed by atoms with Crippen molar-refractivity contribution in [3.8, 4) is 0 Å². The summed E-state index contributed by atoms with van der Waals surface area (Å²) in [6.45, 7) is 1.86. The summed E-state index contributed by atoms with van der Waals surface area (Å²) in [5, 5.41) is 6.19. The molecular weight excluding hydrogens is 260 g/mol. The van der Waals surface area contributed by atoms with Crippen molar-refractivity contribution in [1.29, 1.82) is 0 Å². The van der Waals surface area contributed by atoms with E-state index in [0.717, 1.165) is 30.0 Å². The zero-order valence-electron chi connectivity index (χ0n) is 11.1. The van der Waals surface area contributed by atoms with Gasteiger partial charge in [0.15, 0.2) is 0 Å². The molecule has 0 radical (unpaired) electrons. The van der Waals surface area contributed by atoms with E-state index in [2.05, 4.69) is 10.6 Å². The van der Waals surface area contributed by atoms with Crippen LogP contribution in [0.5, 0.6) is 0 Å². The number of carbonyl (C=O) groups excluding carboxylic acids is 1. The second kappa shape index (κ2) is 6.82. The Balaban J connectivity index is 1.81. The Kier molecular flexibility index (Phi) is 5.10. The van der Waals surface area contributed by atoms with E-state index in [1.54, 1.807) is 0 Å². The van der Waals surface area contributed by atoms with Gasteiger partial charge in [-0.15, -0.1) is 0 Å². The molecule has 5 heteroatoms. The summed E-state index contributed by atoms with van der Waals surface area (Å²) >= 11 is 0. The molecule has 0 saturated carbocycles. The monoisotopic (exact) mass is 280 g/mol. The summed E-state index contributed by atoms with van der Waals surface area (Å²) in [7, 11) is -0.658. The van der Waals surface area contributed by atoms with Crippen LogP contribution < -0.4 is 10.6 Å². The molecule has 104 valence electrons. The van der Waals surface area contributed by atoms with Gasteiger partial charge in [0.2, 0.25) is 5.91 Å². The highest BCUT2D eigenvalue weighted by Gasteiger charge is 2.22. The Morgan fingerprint density at radius 3 is 2.53 bits per heavy atom. The fourth-order valence-electron chi connectivity index (χ4n) is 2.16. The third-order valence-corrected chi connectivity index (χ3v) is 4.69. The van der Waals surface area contributed by atoms with E-state index in [-0.39, 0.29) is 11.9 Å². The van der Waals surface area contributed by atoms with Gasteiger partial charge in [-0.2, -0.15) is 0 Å². The molecule has 1 aromatic carbocycles. The molecule has 0 bridgehead atoms. The normalized spacial score (nSPS) is 24.7. The molecule has 1 unspecified atom stereocenters. The first-order chi connectivity index (χ1) is 9.15. The molecule has 1 aliphatic heterocycles. The summed E-state index contributed by atoms with van der Waals surface area (Å²) < 4.78 is 11.3. The Morgan fingerprint density at radius 2 is 1.89 bits per heavy atom. The number of anilines is 1. The first-order valence-electron chi connectivity index (χ1n) is 6.62. The van der Waals surface area contributed by atoms with Crippen LogP contribution in [-0.4, -0.2) is 33.7 Å². The average molecular weight is 280 g/mol. The molecule has 4 nitrogen and oxygen atoms in total. The lowest BCUT2D eigenvalue weighted by molar-refractivity contribution is -0.118. The topological polar surface area (TPSA) is 58.2 Å². The smallest absolute Gasteiger partial charge is 0.241 e. The van der Waals surface area contributed by atoms with Gasteiger partial charge in [-0.1, -0.05) is 18.2 Å². The summed E-state index contributed by atoms with van der Waals surface area (Å²) in [4.78, 5) is 12.0. The number of rotatable bonds is 4. The first kappa shape index (κ1) is 14.2. The second-order valence-corrected chi connectivity index (χ2v) is 6.56. The lowest BCUT2D eigenvalue weighted by Crippen LogP contribution is -2.46. The molecule has 0 aromatic heterocycles. The van der Waals surface area contributed by atoms with Crippen LogP contribution in [0.3, 0.4) is 0 Å². The number of benzene rings is 1. The van der Waals surface area contributed by atoms with Gasteiger partial charge in [0, 0.05) is 34.0 Å². The zero-order valence-corrected chi connectivity index (χ0v) is 11.9. The molecule has 1 aromatic rings. The van der Waals surface area contributed by atoms with Crippen LogP contribution in [0.4, 0.5) is 5.69 Å². The SMILES string of the molecule is CC(NC1CCS(=O)CC1)C(=O)Nc1ccccc1. The largest absolute Gasteiger partial charge is 0.325 e. The highest BCUT2D eigenvalue weighted by molar-refractivity contribution is 7.85. The van der Waals surface area contributed by atoms with E-state index in [1.165, 1.54) is 0 Å². The minimum Gasteiger partial charge on any atom is -0.325 e. The van der Waals surface area contributed by atoms with Gasteiger partial charge >= 0.3 is 0 Å². The fraction of sp³-hybridized carbons (Fsp3) is 0.500. The van der Waals surface area contributed by atoms with Gasteiger partial charge in [0.25, 0.3) is 0 Å². The third kappa shape index (κ3) is 4.44. The van der Waals surface area contributed by atoms with Crippen molar-refractivity contribution in [3.63, 3.8) is 0 Å². The number of amides is 1. The predicted molar refractivity (Wildman–Crippen MR) is 78.6 cm³/mol. The van der Waals surface area contributed by atoms with Gasteiger partial charge in [0.1, 0.15) is 0 Å². The molecule has 2 rings (SSSR count). The van der Waals surface area contributed by atoms with E-state index in [0.29, 0.717) is 6.04 Å². The summed E-state index contributed by atoms with van der Waals surface area (Å²) in [6.07, 6.45) is 1.77. The predicted octanol–water partition coefficient (Wildman–Crippen LogP) is 1.51. The molecule has 1 amide bonds. The van der Waals surface area contributed by atoms with Gasteiger partial charge in [-0.05, 0) is 31.9 Å². The number of hydrogen-bond donors (Lipinski definition) is 2. The quantitative estimate of drug-likeness (QED) is 0.879. The zero-order chi connectivity index (χ0) is 13.7. The Labute approximate surface area is 116 Å². The van der Waals surface area contributed by atoms with E-state index in [1.807, 2.05) is 37.3 Å². The minimum atomic E-state index is -0.658. The number of nitrogens with one attached hydrogen (secondary N) is 2. The van der Waals surface area contributed by atoms with Crippen molar-refractivity contribution < 1.29 is 9.00 Å². The van der Waals surface area contributed by atoms with Gasteiger partial charge in [-0.25, -0.2) is 0 Å². The molecule has 1 heterocycles. The van der Waals surface area contributed by atoms with Crippen LogP contribution >= 0.6 is 0 Å². The van der Waals surface area contributed by atoms with Gasteiger partial charge in [-0.3, -0.25) is 9.00 Å². The van der Waals surface area contributed by atoms with Crippen LogP contribution in [0.25, 0.3) is 0 Å². The molecule has 1 saturated heterocycles. The Bertz CT molecular complexity index is 440. The highest BCUT2D eigenvalue weighted by atomic mass is 32.2. The summed E-state index contributed by atoms with van der Waals surface area (Å²) in [5.74, 6) is 1.45. The van der Waals surface area contributed by atoms with E-state index in [9.17, 15) is 9.00 Å². The molecule has 19 heavy (non-hydrogen) atoms. The maximum atomic E-state index is 12.0. The highest BCUT2D eigenvalue weighted by Crippen LogP contribution is 2.11. The average Bonchev–Trinajstić information content (AvgIpc) is 2.42. The molecule has 1 aliphatic rings. The Hall–Kier alpha value is -1.20. The van der Waals surface area contributed by atoms with Crippen molar-refractivity contribution >= 4 is 22.4 Å². The van der Waals surface area contributed by atoms with E-state index >= 15 is 0 Å².